The second kappa shape index (κ2) is 5.96. The fraction of sp³-hybridized carbons (Fsp3) is 0.214. The van der Waals surface area contributed by atoms with Gasteiger partial charge in [-0.1, -0.05) is 6.07 Å². The van der Waals surface area contributed by atoms with Crippen molar-refractivity contribution in [2.24, 2.45) is 0 Å². The molecular formula is C14H14N2S3. The summed E-state index contributed by atoms with van der Waals surface area (Å²) in [7, 11) is 0. The molecule has 0 radical (unpaired) electrons. The third kappa shape index (κ3) is 3.30. The molecule has 1 N–H and O–H groups in total. The summed E-state index contributed by atoms with van der Waals surface area (Å²) in [5.41, 5.74) is 1.34. The lowest BCUT2D eigenvalue weighted by Gasteiger charge is -1.99. The van der Waals surface area contributed by atoms with E-state index in [1.165, 1.54) is 20.2 Å². The zero-order valence-electron chi connectivity index (χ0n) is 10.6. The van der Waals surface area contributed by atoms with Crippen LogP contribution < -0.4 is 5.32 Å². The van der Waals surface area contributed by atoms with Gasteiger partial charge in [0.25, 0.3) is 0 Å². The van der Waals surface area contributed by atoms with Crippen molar-refractivity contribution in [3.05, 3.63) is 49.9 Å². The van der Waals surface area contributed by atoms with Crippen molar-refractivity contribution in [1.82, 2.24) is 10.3 Å². The molecule has 0 aliphatic heterocycles. The Hall–Kier alpha value is -1.01. The minimum Gasteiger partial charge on any atom is -0.306 e. The molecule has 0 spiro atoms. The third-order valence-electron chi connectivity index (χ3n) is 2.70. The van der Waals surface area contributed by atoms with Gasteiger partial charge in [-0.25, -0.2) is 4.98 Å². The maximum Gasteiger partial charge on any atom is 0.107 e. The Bertz CT molecular complexity index is 637. The van der Waals surface area contributed by atoms with E-state index < -0.39 is 0 Å². The van der Waals surface area contributed by atoms with Crippen LogP contribution in [0.3, 0.4) is 0 Å². The number of nitrogens with zero attached hydrogens (tertiary/aromatic N) is 1. The zero-order valence-corrected chi connectivity index (χ0v) is 13.0. The van der Waals surface area contributed by atoms with Crippen molar-refractivity contribution < 1.29 is 0 Å². The number of thiazole rings is 1. The molecule has 3 aromatic heterocycles. The van der Waals surface area contributed by atoms with E-state index in [1.54, 1.807) is 22.7 Å². The average molecular weight is 306 g/mol. The first-order valence-electron chi connectivity index (χ1n) is 6.04. The van der Waals surface area contributed by atoms with Gasteiger partial charge in [0, 0.05) is 39.5 Å². The van der Waals surface area contributed by atoms with Gasteiger partial charge >= 0.3 is 0 Å². The maximum absolute atomic E-state index is 4.35. The van der Waals surface area contributed by atoms with Gasteiger partial charge in [-0.3, -0.25) is 0 Å². The van der Waals surface area contributed by atoms with Gasteiger partial charge in [-0.15, -0.1) is 34.0 Å². The summed E-state index contributed by atoms with van der Waals surface area (Å²) in [5, 5.41) is 8.96. The molecule has 2 nitrogen and oxygen atoms in total. The van der Waals surface area contributed by atoms with Crippen LogP contribution in [0.25, 0.3) is 10.4 Å². The van der Waals surface area contributed by atoms with E-state index in [2.05, 4.69) is 46.2 Å². The molecule has 0 amide bonds. The Kier molecular flexibility index (Phi) is 4.08. The lowest BCUT2D eigenvalue weighted by atomic mass is 10.2. The molecule has 0 unspecified atom stereocenters. The van der Waals surface area contributed by atoms with E-state index in [0.29, 0.717) is 0 Å². The van der Waals surface area contributed by atoms with Crippen LogP contribution in [0.2, 0.25) is 0 Å². The predicted molar refractivity (Wildman–Crippen MR) is 85.0 cm³/mol. The zero-order chi connectivity index (χ0) is 13.1. The largest absolute Gasteiger partial charge is 0.306 e. The minimum absolute atomic E-state index is 0.852. The summed E-state index contributed by atoms with van der Waals surface area (Å²) in [5.74, 6) is 0. The van der Waals surface area contributed by atoms with E-state index in [0.717, 1.165) is 18.1 Å². The van der Waals surface area contributed by atoms with Crippen molar-refractivity contribution in [1.29, 1.82) is 0 Å². The van der Waals surface area contributed by atoms with Gasteiger partial charge in [-0.2, -0.15) is 0 Å². The topological polar surface area (TPSA) is 24.9 Å². The van der Waals surface area contributed by atoms with Crippen molar-refractivity contribution in [3.8, 4) is 10.4 Å². The fourth-order valence-electron chi connectivity index (χ4n) is 1.82. The van der Waals surface area contributed by atoms with E-state index in [9.17, 15) is 0 Å². The first-order valence-corrected chi connectivity index (χ1v) is 8.62. The predicted octanol–water partition coefficient (Wildman–Crippen LogP) is 4.53. The quantitative estimate of drug-likeness (QED) is 0.749. The van der Waals surface area contributed by atoms with Gasteiger partial charge in [0.15, 0.2) is 0 Å². The number of hydrogen-bond donors (Lipinski definition) is 1. The number of aromatic nitrogens is 1. The molecular weight excluding hydrogens is 292 g/mol. The number of thiophene rings is 2. The molecule has 3 heterocycles. The lowest BCUT2D eigenvalue weighted by molar-refractivity contribution is 0.697. The number of hydrogen-bond acceptors (Lipinski definition) is 5. The number of nitrogens with one attached hydrogen (secondary N) is 1. The van der Waals surface area contributed by atoms with Crippen LogP contribution in [0.1, 0.15) is 14.8 Å². The molecule has 3 rings (SSSR count). The van der Waals surface area contributed by atoms with Crippen LogP contribution in [0.5, 0.6) is 0 Å². The molecule has 98 valence electrons. The van der Waals surface area contributed by atoms with Crippen molar-refractivity contribution in [2.75, 3.05) is 0 Å². The molecule has 3 aromatic rings. The molecule has 0 bridgehead atoms. The highest BCUT2D eigenvalue weighted by Gasteiger charge is 2.04. The minimum atomic E-state index is 0.852. The number of rotatable bonds is 5. The molecule has 0 aromatic carbocycles. The summed E-state index contributed by atoms with van der Waals surface area (Å²) in [6.45, 7) is 3.85. The molecule has 5 heteroatoms. The monoisotopic (exact) mass is 306 g/mol. The van der Waals surface area contributed by atoms with Crippen molar-refractivity contribution in [3.63, 3.8) is 0 Å². The van der Waals surface area contributed by atoms with Crippen LogP contribution >= 0.6 is 34.0 Å². The van der Waals surface area contributed by atoms with E-state index in [1.807, 2.05) is 17.5 Å². The third-order valence-corrected chi connectivity index (χ3v) is 5.47. The second-order valence-electron chi connectivity index (χ2n) is 4.25. The van der Waals surface area contributed by atoms with E-state index >= 15 is 0 Å². The van der Waals surface area contributed by atoms with Crippen molar-refractivity contribution in [2.45, 2.75) is 20.0 Å². The lowest BCUT2D eigenvalue weighted by Crippen LogP contribution is -2.11. The Morgan fingerprint density at radius 3 is 2.95 bits per heavy atom. The molecule has 0 saturated carbocycles. The van der Waals surface area contributed by atoms with Gasteiger partial charge < -0.3 is 5.32 Å². The van der Waals surface area contributed by atoms with Crippen LogP contribution in [0.15, 0.2) is 35.2 Å². The summed E-state index contributed by atoms with van der Waals surface area (Å²) in [6, 6.07) is 6.54. The highest BCUT2D eigenvalue weighted by Crippen LogP contribution is 2.29. The highest BCUT2D eigenvalue weighted by atomic mass is 32.1. The molecule has 0 aliphatic carbocycles. The van der Waals surface area contributed by atoms with Crippen LogP contribution in [-0.2, 0) is 13.1 Å². The standard InChI is InChI=1S/C14H14N2S3/c1-10-6-16-14(19-10)8-15-7-12-5-11(9-18-12)13-3-2-4-17-13/h2-6,9,15H,7-8H2,1H3. The Morgan fingerprint density at radius 1 is 1.26 bits per heavy atom. The normalized spacial score (nSPS) is 11.0. The first kappa shape index (κ1) is 13.0. The summed E-state index contributed by atoms with van der Waals surface area (Å²) < 4.78 is 0. The number of aryl methyl sites for hydroxylation is 1. The molecule has 0 saturated heterocycles. The molecule has 0 fully saturated rings. The Labute approximate surface area is 124 Å². The first-order chi connectivity index (χ1) is 9.31. The van der Waals surface area contributed by atoms with E-state index in [4.69, 9.17) is 0 Å². The van der Waals surface area contributed by atoms with Gasteiger partial charge in [0.2, 0.25) is 0 Å². The summed E-state index contributed by atoms with van der Waals surface area (Å²) in [4.78, 5) is 8.34. The SMILES string of the molecule is Cc1cnc(CNCc2cc(-c3cccs3)cs2)s1. The van der Waals surface area contributed by atoms with Crippen LogP contribution in [0.4, 0.5) is 0 Å². The Balaban J connectivity index is 1.56. The average Bonchev–Trinajstić information content (AvgIpc) is 3.09. The fourth-order valence-corrected chi connectivity index (χ4v) is 4.22. The second-order valence-corrected chi connectivity index (χ2v) is 7.51. The molecule has 0 aliphatic rings. The van der Waals surface area contributed by atoms with Gasteiger partial charge in [0.1, 0.15) is 5.01 Å². The summed E-state index contributed by atoms with van der Waals surface area (Å²) in [6.07, 6.45) is 1.93. The Morgan fingerprint density at radius 2 is 2.21 bits per heavy atom. The van der Waals surface area contributed by atoms with Crippen molar-refractivity contribution >= 4 is 34.0 Å². The van der Waals surface area contributed by atoms with Gasteiger partial charge in [-0.05, 0) is 29.8 Å². The summed E-state index contributed by atoms with van der Waals surface area (Å²) >= 11 is 5.36. The highest BCUT2D eigenvalue weighted by molar-refractivity contribution is 7.14. The molecule has 19 heavy (non-hydrogen) atoms. The van der Waals surface area contributed by atoms with Crippen LogP contribution in [0, 0.1) is 6.92 Å². The van der Waals surface area contributed by atoms with Crippen LogP contribution in [-0.4, -0.2) is 4.98 Å². The van der Waals surface area contributed by atoms with Gasteiger partial charge in [0.05, 0.1) is 0 Å². The molecule has 0 atom stereocenters. The maximum atomic E-state index is 4.35. The van der Waals surface area contributed by atoms with E-state index in [-0.39, 0.29) is 0 Å². The smallest absolute Gasteiger partial charge is 0.107 e.